The number of hydrogen-bond acceptors (Lipinski definition) is 6. The van der Waals surface area contributed by atoms with E-state index in [0.717, 1.165) is 22.3 Å². The standard InChI is InChI=1S/C32H30O6/c1-23(2)31(33)37-21-5-19-35-29-15-11-27(12-16-29)25-7-9-26(10-8-25)28-13-17-30(18-14-28)36-20-6-22-38-32(34)24(3)4/h5-20H,1,3,21-22H2,2,4H3. The first-order valence-electron chi connectivity index (χ1n) is 11.9. The van der Waals surface area contributed by atoms with Crippen LogP contribution in [0.25, 0.3) is 22.3 Å². The highest BCUT2D eigenvalue weighted by atomic mass is 16.5. The molecule has 0 unspecified atom stereocenters. The van der Waals surface area contributed by atoms with Crippen LogP contribution in [0.15, 0.2) is 122 Å². The molecule has 0 bridgehead atoms. The van der Waals surface area contributed by atoms with Gasteiger partial charge in [0.1, 0.15) is 24.7 Å². The van der Waals surface area contributed by atoms with Crippen LogP contribution in [0.2, 0.25) is 0 Å². The van der Waals surface area contributed by atoms with E-state index in [2.05, 4.69) is 37.4 Å². The summed E-state index contributed by atoms with van der Waals surface area (Å²) in [5, 5.41) is 0. The van der Waals surface area contributed by atoms with E-state index in [9.17, 15) is 9.59 Å². The molecule has 0 radical (unpaired) electrons. The summed E-state index contributed by atoms with van der Waals surface area (Å²) in [5.74, 6) is 0.498. The van der Waals surface area contributed by atoms with Gasteiger partial charge in [0, 0.05) is 11.1 Å². The topological polar surface area (TPSA) is 71.1 Å². The molecule has 0 aliphatic rings. The molecule has 0 heterocycles. The summed E-state index contributed by atoms with van der Waals surface area (Å²) < 4.78 is 21.0. The SMILES string of the molecule is C=C(C)C(=O)OCC=COc1ccc(-c2ccc(-c3ccc(OC=CCOC(=O)C(=C)C)cc3)cc2)cc1. The molecule has 0 aliphatic carbocycles. The third-order valence-electron chi connectivity index (χ3n) is 5.18. The fourth-order valence-corrected chi connectivity index (χ4v) is 3.13. The van der Waals surface area contributed by atoms with Crippen molar-refractivity contribution in [1.29, 1.82) is 0 Å². The van der Waals surface area contributed by atoms with Crippen LogP contribution in [0.4, 0.5) is 0 Å². The Kier molecular flexibility index (Phi) is 10.3. The van der Waals surface area contributed by atoms with Gasteiger partial charge in [0.15, 0.2) is 0 Å². The molecule has 0 N–H and O–H groups in total. The number of rotatable bonds is 12. The molecule has 0 aromatic heterocycles. The fraction of sp³-hybridized carbons (Fsp3) is 0.125. The predicted molar refractivity (Wildman–Crippen MR) is 148 cm³/mol. The van der Waals surface area contributed by atoms with Crippen molar-refractivity contribution in [3.05, 3.63) is 122 Å². The lowest BCUT2D eigenvalue weighted by molar-refractivity contribution is -0.138. The van der Waals surface area contributed by atoms with Gasteiger partial charge >= 0.3 is 11.9 Å². The molecule has 3 aromatic carbocycles. The minimum absolute atomic E-state index is 0.123. The highest BCUT2D eigenvalue weighted by Crippen LogP contribution is 2.27. The predicted octanol–water partition coefficient (Wildman–Crippen LogP) is 7.04. The van der Waals surface area contributed by atoms with Crippen LogP contribution in [-0.4, -0.2) is 25.2 Å². The number of esters is 2. The molecule has 0 saturated heterocycles. The van der Waals surface area contributed by atoms with Crippen molar-refractivity contribution < 1.29 is 28.5 Å². The average Bonchev–Trinajstić information content (AvgIpc) is 2.93. The molecule has 3 aromatic rings. The van der Waals surface area contributed by atoms with Gasteiger partial charge in [-0.1, -0.05) is 61.7 Å². The zero-order valence-corrected chi connectivity index (χ0v) is 21.5. The van der Waals surface area contributed by atoms with Crippen LogP contribution < -0.4 is 9.47 Å². The third kappa shape index (κ3) is 8.68. The second kappa shape index (κ2) is 14.0. The van der Waals surface area contributed by atoms with Gasteiger partial charge in [-0.05, 0) is 72.5 Å². The Hall–Kier alpha value is -4.84. The first kappa shape index (κ1) is 27.7. The monoisotopic (exact) mass is 510 g/mol. The van der Waals surface area contributed by atoms with Gasteiger partial charge in [-0.25, -0.2) is 9.59 Å². The van der Waals surface area contributed by atoms with Gasteiger partial charge < -0.3 is 18.9 Å². The molecule has 0 aliphatic heterocycles. The van der Waals surface area contributed by atoms with Crippen molar-refractivity contribution in [3.8, 4) is 33.8 Å². The van der Waals surface area contributed by atoms with Crippen molar-refractivity contribution in [1.82, 2.24) is 0 Å². The van der Waals surface area contributed by atoms with E-state index >= 15 is 0 Å². The molecule has 194 valence electrons. The maximum Gasteiger partial charge on any atom is 0.333 e. The van der Waals surface area contributed by atoms with E-state index in [1.165, 1.54) is 12.5 Å². The lowest BCUT2D eigenvalue weighted by Crippen LogP contribution is -2.04. The molecule has 0 spiro atoms. The summed E-state index contributed by atoms with van der Waals surface area (Å²) in [6.45, 7) is 10.5. The second-order valence-corrected chi connectivity index (χ2v) is 8.36. The molecule has 0 saturated carbocycles. The van der Waals surface area contributed by atoms with Crippen LogP contribution in [0, 0.1) is 0 Å². The van der Waals surface area contributed by atoms with E-state index < -0.39 is 11.9 Å². The van der Waals surface area contributed by atoms with Gasteiger partial charge in [-0.3, -0.25) is 0 Å². The van der Waals surface area contributed by atoms with Gasteiger partial charge in [-0.15, -0.1) is 0 Å². The van der Waals surface area contributed by atoms with Gasteiger partial charge in [0.2, 0.25) is 0 Å². The van der Waals surface area contributed by atoms with Crippen molar-refractivity contribution in [2.24, 2.45) is 0 Å². The number of hydrogen-bond donors (Lipinski definition) is 0. The Balaban J connectivity index is 1.50. The van der Waals surface area contributed by atoms with Gasteiger partial charge in [0.25, 0.3) is 0 Å². The second-order valence-electron chi connectivity index (χ2n) is 8.36. The third-order valence-corrected chi connectivity index (χ3v) is 5.18. The quantitative estimate of drug-likeness (QED) is 0.148. The largest absolute Gasteiger partial charge is 0.465 e. The number of carbonyl (C=O) groups is 2. The summed E-state index contributed by atoms with van der Waals surface area (Å²) >= 11 is 0. The van der Waals surface area contributed by atoms with Crippen molar-refractivity contribution >= 4 is 11.9 Å². The van der Waals surface area contributed by atoms with Crippen LogP contribution in [0.5, 0.6) is 11.5 Å². The van der Waals surface area contributed by atoms with Crippen molar-refractivity contribution in [2.75, 3.05) is 13.2 Å². The molecular weight excluding hydrogens is 480 g/mol. The lowest BCUT2D eigenvalue weighted by Gasteiger charge is -2.07. The summed E-state index contributed by atoms with van der Waals surface area (Å²) in [5.41, 5.74) is 5.01. The average molecular weight is 511 g/mol. The zero-order valence-electron chi connectivity index (χ0n) is 21.5. The number of carbonyl (C=O) groups excluding carboxylic acids is 2. The summed E-state index contributed by atoms with van der Waals surface area (Å²) in [4.78, 5) is 22.7. The van der Waals surface area contributed by atoms with E-state index in [1.54, 1.807) is 26.0 Å². The normalized spacial score (nSPS) is 10.8. The Morgan fingerprint density at radius 2 is 0.868 bits per heavy atom. The van der Waals surface area contributed by atoms with E-state index in [-0.39, 0.29) is 13.2 Å². The molecule has 0 amide bonds. The van der Waals surface area contributed by atoms with E-state index in [4.69, 9.17) is 18.9 Å². The zero-order chi connectivity index (χ0) is 27.3. The van der Waals surface area contributed by atoms with Crippen molar-refractivity contribution in [3.63, 3.8) is 0 Å². The fourth-order valence-electron chi connectivity index (χ4n) is 3.13. The minimum atomic E-state index is -0.430. The molecule has 38 heavy (non-hydrogen) atoms. The first-order valence-corrected chi connectivity index (χ1v) is 11.9. The Bertz CT molecular complexity index is 1210. The highest BCUT2D eigenvalue weighted by molar-refractivity contribution is 5.87. The van der Waals surface area contributed by atoms with Crippen LogP contribution >= 0.6 is 0 Å². The Morgan fingerprint density at radius 1 is 0.579 bits per heavy atom. The first-order chi connectivity index (χ1) is 18.3. The van der Waals surface area contributed by atoms with Crippen LogP contribution in [0.1, 0.15) is 13.8 Å². The van der Waals surface area contributed by atoms with Gasteiger partial charge in [-0.2, -0.15) is 0 Å². The number of benzene rings is 3. The smallest absolute Gasteiger partial charge is 0.333 e. The molecule has 3 rings (SSSR count). The maximum absolute atomic E-state index is 11.3. The molecule has 6 nitrogen and oxygen atoms in total. The van der Waals surface area contributed by atoms with Crippen LogP contribution in [-0.2, 0) is 19.1 Å². The molecular formula is C32H30O6. The Morgan fingerprint density at radius 3 is 1.16 bits per heavy atom. The Labute approximate surface area is 223 Å². The minimum Gasteiger partial charge on any atom is -0.465 e. The summed E-state index contributed by atoms with van der Waals surface area (Å²) in [6.07, 6.45) is 6.22. The lowest BCUT2D eigenvalue weighted by atomic mass is 10.0. The van der Waals surface area contributed by atoms with E-state index in [1.807, 2.05) is 48.5 Å². The van der Waals surface area contributed by atoms with E-state index in [0.29, 0.717) is 22.6 Å². The summed E-state index contributed by atoms with van der Waals surface area (Å²) in [6, 6.07) is 23.7. The maximum atomic E-state index is 11.3. The molecule has 6 heteroatoms. The highest BCUT2D eigenvalue weighted by Gasteiger charge is 2.03. The van der Waals surface area contributed by atoms with Gasteiger partial charge in [0.05, 0.1) is 12.5 Å². The molecule has 0 fully saturated rings. The van der Waals surface area contributed by atoms with Crippen molar-refractivity contribution in [2.45, 2.75) is 13.8 Å². The molecule has 0 atom stereocenters. The number of ether oxygens (including phenoxy) is 4. The van der Waals surface area contributed by atoms with Crippen LogP contribution in [0.3, 0.4) is 0 Å². The summed E-state index contributed by atoms with van der Waals surface area (Å²) in [7, 11) is 0.